The van der Waals surface area contributed by atoms with Crippen LogP contribution in [-0.2, 0) is 4.79 Å². The van der Waals surface area contributed by atoms with Gasteiger partial charge in [-0.25, -0.2) is 4.39 Å². The van der Waals surface area contributed by atoms with Gasteiger partial charge in [-0.3, -0.25) is 14.9 Å². The summed E-state index contributed by atoms with van der Waals surface area (Å²) in [5.74, 6) is -2.01. The second-order valence-corrected chi connectivity index (χ2v) is 6.69. The van der Waals surface area contributed by atoms with Crippen LogP contribution in [0.25, 0.3) is 0 Å². The molecule has 0 saturated carbocycles. The van der Waals surface area contributed by atoms with Crippen molar-refractivity contribution in [3.05, 3.63) is 34.1 Å². The van der Waals surface area contributed by atoms with Crippen molar-refractivity contribution in [2.75, 3.05) is 11.1 Å². The minimum atomic E-state index is -0.961. The van der Waals surface area contributed by atoms with Crippen LogP contribution in [0.3, 0.4) is 0 Å². The molecule has 110 valence electrons. The molecule has 1 heterocycles. The Balaban J connectivity index is 2.02. The molecular weight excluding hydrogens is 385 g/mol. The summed E-state index contributed by atoms with van der Waals surface area (Å²) >= 11 is 5.08. The fourth-order valence-corrected chi connectivity index (χ4v) is 3.09. The van der Waals surface area contributed by atoms with E-state index in [9.17, 15) is 14.0 Å². The zero-order chi connectivity index (χ0) is 15.4. The summed E-state index contributed by atoms with van der Waals surface area (Å²) in [6.45, 7) is 0. The van der Waals surface area contributed by atoms with Gasteiger partial charge in [0.2, 0.25) is 5.13 Å². The van der Waals surface area contributed by atoms with E-state index in [-0.39, 0.29) is 20.9 Å². The molecule has 0 aliphatic heterocycles. The van der Waals surface area contributed by atoms with E-state index in [2.05, 4.69) is 31.4 Å². The number of rotatable bonds is 5. The SMILES string of the molecule is O=C(O)CSc1nnc(NC(=O)c2ccc(F)c(Br)c2)s1. The van der Waals surface area contributed by atoms with Gasteiger partial charge in [-0.1, -0.05) is 23.1 Å². The van der Waals surface area contributed by atoms with Crippen LogP contribution in [-0.4, -0.2) is 32.9 Å². The van der Waals surface area contributed by atoms with Crippen molar-refractivity contribution in [3.8, 4) is 0 Å². The second-order valence-electron chi connectivity index (χ2n) is 3.64. The van der Waals surface area contributed by atoms with Gasteiger partial charge in [0.05, 0.1) is 10.2 Å². The van der Waals surface area contributed by atoms with Crippen LogP contribution in [0.5, 0.6) is 0 Å². The molecule has 0 aliphatic carbocycles. The predicted molar refractivity (Wildman–Crippen MR) is 80.3 cm³/mol. The summed E-state index contributed by atoms with van der Waals surface area (Å²) in [6, 6.07) is 3.87. The highest BCUT2D eigenvalue weighted by Crippen LogP contribution is 2.26. The number of hydrogen-bond acceptors (Lipinski definition) is 6. The monoisotopic (exact) mass is 391 g/mol. The quantitative estimate of drug-likeness (QED) is 0.601. The number of halogens is 2. The molecule has 0 bridgehead atoms. The van der Waals surface area contributed by atoms with Crippen LogP contribution in [0, 0.1) is 5.82 Å². The van der Waals surface area contributed by atoms with Crippen LogP contribution in [0.1, 0.15) is 10.4 Å². The molecule has 6 nitrogen and oxygen atoms in total. The lowest BCUT2D eigenvalue weighted by atomic mass is 10.2. The Kier molecular flexibility index (Phi) is 5.26. The molecule has 1 aromatic carbocycles. The number of hydrogen-bond donors (Lipinski definition) is 2. The standard InChI is InChI=1S/C11H7BrFN3O3S2/c12-6-3-5(1-2-7(6)13)9(19)14-10-15-16-11(21-10)20-4-8(17)18/h1-3H,4H2,(H,17,18)(H,14,15,19). The van der Waals surface area contributed by atoms with Crippen LogP contribution < -0.4 is 5.32 Å². The lowest BCUT2D eigenvalue weighted by Gasteiger charge is -2.02. The molecule has 0 atom stereocenters. The predicted octanol–water partition coefficient (Wildman–Crippen LogP) is 2.87. The van der Waals surface area contributed by atoms with Gasteiger partial charge in [-0.05, 0) is 34.1 Å². The van der Waals surface area contributed by atoms with E-state index < -0.39 is 17.7 Å². The number of amides is 1. The first-order valence-electron chi connectivity index (χ1n) is 5.40. The minimum absolute atomic E-state index is 0.131. The molecule has 0 saturated heterocycles. The summed E-state index contributed by atoms with van der Waals surface area (Å²) in [4.78, 5) is 22.4. The van der Waals surface area contributed by atoms with E-state index in [0.29, 0.717) is 4.34 Å². The molecule has 0 aliphatic rings. The molecule has 10 heteroatoms. The third-order valence-electron chi connectivity index (χ3n) is 2.13. The van der Waals surface area contributed by atoms with Crippen LogP contribution in [0.4, 0.5) is 9.52 Å². The first-order chi connectivity index (χ1) is 9.95. The third-order valence-corrected chi connectivity index (χ3v) is 4.69. The maximum absolute atomic E-state index is 13.1. The van der Waals surface area contributed by atoms with Crippen molar-refractivity contribution < 1.29 is 19.1 Å². The molecular formula is C11H7BrFN3O3S2. The number of nitrogens with zero attached hydrogens (tertiary/aromatic N) is 2. The van der Waals surface area contributed by atoms with Crippen molar-refractivity contribution in [2.24, 2.45) is 0 Å². The highest BCUT2D eigenvalue weighted by Gasteiger charge is 2.12. The van der Waals surface area contributed by atoms with Gasteiger partial charge in [0.15, 0.2) is 4.34 Å². The normalized spacial score (nSPS) is 10.4. The van der Waals surface area contributed by atoms with Crippen LogP contribution in [0.15, 0.2) is 27.0 Å². The molecule has 1 aromatic heterocycles. The molecule has 1 amide bonds. The first-order valence-corrected chi connectivity index (χ1v) is 7.99. The van der Waals surface area contributed by atoms with E-state index in [1.54, 1.807) is 0 Å². The zero-order valence-corrected chi connectivity index (χ0v) is 13.4. The molecule has 21 heavy (non-hydrogen) atoms. The van der Waals surface area contributed by atoms with E-state index in [4.69, 9.17) is 5.11 Å². The molecule has 0 radical (unpaired) electrons. The lowest BCUT2D eigenvalue weighted by molar-refractivity contribution is -0.133. The Morgan fingerprint density at radius 1 is 1.43 bits per heavy atom. The lowest BCUT2D eigenvalue weighted by Crippen LogP contribution is -2.11. The first kappa shape index (κ1) is 15.9. The highest BCUT2D eigenvalue weighted by molar-refractivity contribution is 9.10. The summed E-state index contributed by atoms with van der Waals surface area (Å²) in [5, 5.41) is 18.8. The molecule has 2 rings (SSSR count). The average Bonchev–Trinajstić information content (AvgIpc) is 2.87. The number of nitrogens with one attached hydrogen (secondary N) is 1. The number of carbonyl (C=O) groups excluding carboxylic acids is 1. The minimum Gasteiger partial charge on any atom is -0.481 e. The Labute approximate surface area is 134 Å². The average molecular weight is 392 g/mol. The van der Waals surface area contributed by atoms with E-state index in [0.717, 1.165) is 23.1 Å². The molecule has 2 aromatic rings. The smallest absolute Gasteiger partial charge is 0.313 e. The number of carboxylic acid groups (broad SMARTS) is 1. The van der Waals surface area contributed by atoms with Gasteiger partial charge < -0.3 is 5.11 Å². The van der Waals surface area contributed by atoms with Gasteiger partial charge in [-0.15, -0.1) is 10.2 Å². The topological polar surface area (TPSA) is 92.2 Å². The summed E-state index contributed by atoms with van der Waals surface area (Å²) in [6.07, 6.45) is 0. The number of carbonyl (C=O) groups is 2. The van der Waals surface area contributed by atoms with Crippen LogP contribution >= 0.6 is 39.0 Å². The number of anilines is 1. The Bertz CT molecular complexity index is 695. The molecule has 0 spiro atoms. The summed E-state index contributed by atoms with van der Waals surface area (Å²) in [7, 11) is 0. The Hall–Kier alpha value is -1.52. The summed E-state index contributed by atoms with van der Waals surface area (Å²) in [5.41, 5.74) is 0.262. The molecule has 0 fully saturated rings. The van der Waals surface area contributed by atoms with Gasteiger partial charge >= 0.3 is 5.97 Å². The number of aromatic nitrogens is 2. The van der Waals surface area contributed by atoms with Crippen molar-refractivity contribution in [1.82, 2.24) is 10.2 Å². The summed E-state index contributed by atoms with van der Waals surface area (Å²) < 4.78 is 13.7. The number of benzene rings is 1. The van der Waals surface area contributed by atoms with E-state index >= 15 is 0 Å². The van der Waals surface area contributed by atoms with E-state index in [1.807, 2.05) is 0 Å². The molecule has 2 N–H and O–H groups in total. The number of carboxylic acids is 1. The maximum atomic E-state index is 13.1. The van der Waals surface area contributed by atoms with Gasteiger partial charge in [-0.2, -0.15) is 0 Å². The number of aliphatic carboxylic acids is 1. The van der Waals surface area contributed by atoms with Gasteiger partial charge in [0.25, 0.3) is 5.91 Å². The van der Waals surface area contributed by atoms with Crippen LogP contribution in [0.2, 0.25) is 0 Å². The van der Waals surface area contributed by atoms with Crippen molar-refractivity contribution in [1.29, 1.82) is 0 Å². The third kappa shape index (κ3) is 4.48. The van der Waals surface area contributed by atoms with E-state index in [1.165, 1.54) is 18.2 Å². The number of thioether (sulfide) groups is 1. The van der Waals surface area contributed by atoms with Crippen molar-refractivity contribution in [3.63, 3.8) is 0 Å². The fraction of sp³-hybridized carbons (Fsp3) is 0.0909. The fourth-order valence-electron chi connectivity index (χ4n) is 1.25. The maximum Gasteiger partial charge on any atom is 0.313 e. The van der Waals surface area contributed by atoms with Crippen molar-refractivity contribution in [2.45, 2.75) is 4.34 Å². The largest absolute Gasteiger partial charge is 0.481 e. The van der Waals surface area contributed by atoms with Gasteiger partial charge in [0.1, 0.15) is 5.82 Å². The zero-order valence-electron chi connectivity index (χ0n) is 10.2. The van der Waals surface area contributed by atoms with Crippen molar-refractivity contribution >= 4 is 56.0 Å². The molecule has 0 unspecified atom stereocenters. The Morgan fingerprint density at radius 2 is 2.19 bits per heavy atom. The highest BCUT2D eigenvalue weighted by atomic mass is 79.9. The van der Waals surface area contributed by atoms with Gasteiger partial charge in [0, 0.05) is 5.56 Å². The second kappa shape index (κ2) is 6.96. The Morgan fingerprint density at radius 3 is 2.86 bits per heavy atom.